The van der Waals surface area contributed by atoms with Crippen LogP contribution < -0.4 is 4.74 Å². The minimum atomic E-state index is 0.344. The first-order valence-electron chi connectivity index (χ1n) is 6.81. The number of halogens is 3. The molecule has 6 heteroatoms. The van der Waals surface area contributed by atoms with E-state index in [1.54, 1.807) is 12.1 Å². The molecule has 0 unspecified atom stereocenters. The molecule has 0 bridgehead atoms. The zero-order chi connectivity index (χ0) is 15.4. The molecule has 1 aromatic carbocycles. The molecular weight excluding hydrogens is 331 g/mol. The van der Waals surface area contributed by atoms with Crippen molar-refractivity contribution in [1.82, 2.24) is 9.78 Å². The van der Waals surface area contributed by atoms with Crippen LogP contribution in [-0.4, -0.2) is 9.78 Å². The number of rotatable bonds is 6. The Bertz CT molecular complexity index is 626. The average Bonchev–Trinajstić information content (AvgIpc) is 2.81. The van der Waals surface area contributed by atoms with Crippen LogP contribution in [0.1, 0.15) is 30.8 Å². The predicted octanol–water partition coefficient (Wildman–Crippen LogP) is 5.09. The summed E-state index contributed by atoms with van der Waals surface area (Å²) in [6, 6.07) is 5.41. The molecular formula is C15H17Cl3N2O. The Morgan fingerprint density at radius 2 is 2.00 bits per heavy atom. The van der Waals surface area contributed by atoms with Gasteiger partial charge in [-0.1, -0.05) is 30.1 Å². The summed E-state index contributed by atoms with van der Waals surface area (Å²) < 4.78 is 7.73. The monoisotopic (exact) mass is 346 g/mol. The molecule has 0 aliphatic heterocycles. The quantitative estimate of drug-likeness (QED) is 0.681. The van der Waals surface area contributed by atoms with Gasteiger partial charge in [0.1, 0.15) is 12.4 Å². The van der Waals surface area contributed by atoms with Crippen molar-refractivity contribution in [2.45, 2.75) is 39.3 Å². The molecule has 0 aliphatic rings. The number of aryl methyl sites for hydroxylation is 2. The van der Waals surface area contributed by atoms with Crippen LogP contribution in [0.5, 0.6) is 5.75 Å². The molecule has 0 radical (unpaired) electrons. The Morgan fingerprint density at radius 1 is 1.24 bits per heavy atom. The molecule has 114 valence electrons. The lowest BCUT2D eigenvalue weighted by Crippen LogP contribution is -2.07. The summed E-state index contributed by atoms with van der Waals surface area (Å²) in [5, 5.41) is 5.80. The summed E-state index contributed by atoms with van der Waals surface area (Å²) >= 11 is 18.2. The number of nitrogens with zero attached hydrogens (tertiary/aromatic N) is 2. The minimum Gasteiger partial charge on any atom is -0.487 e. The van der Waals surface area contributed by atoms with Crippen molar-refractivity contribution in [3.8, 4) is 5.75 Å². The van der Waals surface area contributed by atoms with Crippen molar-refractivity contribution in [3.63, 3.8) is 0 Å². The maximum atomic E-state index is 6.36. The largest absolute Gasteiger partial charge is 0.487 e. The van der Waals surface area contributed by atoms with E-state index in [0.29, 0.717) is 28.3 Å². The van der Waals surface area contributed by atoms with Crippen LogP contribution in [0.4, 0.5) is 0 Å². The molecule has 2 aromatic rings. The lowest BCUT2D eigenvalue weighted by molar-refractivity contribution is 0.290. The van der Waals surface area contributed by atoms with Gasteiger partial charge < -0.3 is 4.74 Å². The molecule has 0 atom stereocenters. The maximum absolute atomic E-state index is 6.36. The predicted molar refractivity (Wildman–Crippen MR) is 87.6 cm³/mol. The first kappa shape index (κ1) is 16.5. The third-order valence-corrected chi connectivity index (χ3v) is 4.18. The van der Waals surface area contributed by atoms with Gasteiger partial charge in [0.15, 0.2) is 0 Å². The first-order valence-corrected chi connectivity index (χ1v) is 8.10. The van der Waals surface area contributed by atoms with Crippen molar-refractivity contribution in [3.05, 3.63) is 45.2 Å². The summed E-state index contributed by atoms with van der Waals surface area (Å²) in [6.45, 7) is 5.16. The van der Waals surface area contributed by atoms with Gasteiger partial charge >= 0.3 is 0 Å². The van der Waals surface area contributed by atoms with Crippen LogP contribution in [0.2, 0.25) is 10.0 Å². The molecule has 1 aromatic heterocycles. The number of benzene rings is 1. The topological polar surface area (TPSA) is 27.1 Å². The van der Waals surface area contributed by atoms with E-state index in [4.69, 9.17) is 39.5 Å². The molecule has 0 N–H and O–H groups in total. The van der Waals surface area contributed by atoms with Gasteiger partial charge in [-0.3, -0.25) is 4.68 Å². The van der Waals surface area contributed by atoms with Crippen LogP contribution in [0.25, 0.3) is 0 Å². The van der Waals surface area contributed by atoms with Crippen molar-refractivity contribution >= 4 is 34.8 Å². The van der Waals surface area contributed by atoms with Crippen LogP contribution in [0.15, 0.2) is 18.2 Å². The summed E-state index contributed by atoms with van der Waals surface area (Å²) in [5.41, 5.74) is 2.64. The van der Waals surface area contributed by atoms with Gasteiger partial charge in [0.25, 0.3) is 0 Å². The van der Waals surface area contributed by atoms with Gasteiger partial charge in [-0.2, -0.15) is 5.10 Å². The van der Waals surface area contributed by atoms with Gasteiger partial charge in [-0.15, -0.1) is 11.6 Å². The van der Waals surface area contributed by atoms with Crippen LogP contribution in [-0.2, 0) is 25.5 Å². The number of hydrogen-bond donors (Lipinski definition) is 0. The average molecular weight is 348 g/mol. The van der Waals surface area contributed by atoms with Crippen molar-refractivity contribution < 1.29 is 4.74 Å². The normalized spacial score (nSPS) is 10.9. The standard InChI is InChI=1S/C15H17Cl3N2O/c1-3-12-15(18)13(20(4-2)19-12)9-21-14-6-5-11(17)7-10(14)8-16/h5-7H,3-4,8-9H2,1-2H3. The van der Waals surface area contributed by atoms with E-state index in [-0.39, 0.29) is 0 Å². The SMILES string of the molecule is CCc1nn(CC)c(COc2ccc(Cl)cc2CCl)c1Cl. The van der Waals surface area contributed by atoms with Crippen molar-refractivity contribution in [2.75, 3.05) is 0 Å². The number of ether oxygens (including phenoxy) is 1. The fourth-order valence-electron chi connectivity index (χ4n) is 2.09. The third-order valence-electron chi connectivity index (χ3n) is 3.23. The summed E-state index contributed by atoms with van der Waals surface area (Å²) in [6.07, 6.45) is 0.798. The Balaban J connectivity index is 2.22. The smallest absolute Gasteiger partial charge is 0.131 e. The molecule has 2 rings (SSSR count). The third kappa shape index (κ3) is 3.65. The van der Waals surface area contributed by atoms with Crippen LogP contribution in [0, 0.1) is 0 Å². The lowest BCUT2D eigenvalue weighted by atomic mass is 10.2. The number of aromatic nitrogens is 2. The summed E-state index contributed by atoms with van der Waals surface area (Å²) in [5.74, 6) is 1.06. The Labute approximate surface area is 139 Å². The molecule has 0 saturated carbocycles. The summed E-state index contributed by atoms with van der Waals surface area (Å²) in [7, 11) is 0. The van der Waals surface area contributed by atoms with Crippen LogP contribution >= 0.6 is 34.8 Å². The highest BCUT2D eigenvalue weighted by Gasteiger charge is 2.15. The zero-order valence-corrected chi connectivity index (χ0v) is 14.3. The van der Waals surface area contributed by atoms with Crippen LogP contribution in [0.3, 0.4) is 0 Å². The first-order chi connectivity index (χ1) is 10.1. The maximum Gasteiger partial charge on any atom is 0.131 e. The lowest BCUT2D eigenvalue weighted by Gasteiger charge is -2.11. The van der Waals surface area contributed by atoms with Crippen molar-refractivity contribution in [1.29, 1.82) is 0 Å². The molecule has 0 fully saturated rings. The van der Waals surface area contributed by atoms with E-state index in [0.717, 1.165) is 29.9 Å². The molecule has 0 aliphatic carbocycles. The fraction of sp³-hybridized carbons (Fsp3) is 0.400. The van der Waals surface area contributed by atoms with E-state index < -0.39 is 0 Å². The fourth-order valence-corrected chi connectivity index (χ4v) is 2.82. The van der Waals surface area contributed by atoms with Gasteiger partial charge in [0.2, 0.25) is 0 Å². The highest BCUT2D eigenvalue weighted by atomic mass is 35.5. The highest BCUT2D eigenvalue weighted by molar-refractivity contribution is 6.32. The van der Waals surface area contributed by atoms with E-state index in [1.807, 2.05) is 24.6 Å². The van der Waals surface area contributed by atoms with Crippen molar-refractivity contribution in [2.24, 2.45) is 0 Å². The molecule has 3 nitrogen and oxygen atoms in total. The van der Waals surface area contributed by atoms with E-state index in [1.165, 1.54) is 0 Å². The number of hydrogen-bond acceptors (Lipinski definition) is 2. The minimum absolute atomic E-state index is 0.344. The second-order valence-electron chi connectivity index (χ2n) is 4.55. The molecule has 0 spiro atoms. The summed E-state index contributed by atoms with van der Waals surface area (Å²) in [4.78, 5) is 0. The molecule has 0 amide bonds. The zero-order valence-electron chi connectivity index (χ0n) is 12.0. The van der Waals surface area contributed by atoms with Gasteiger partial charge in [-0.25, -0.2) is 0 Å². The molecule has 21 heavy (non-hydrogen) atoms. The number of alkyl halides is 1. The van der Waals surface area contributed by atoms with Gasteiger partial charge in [0.05, 0.1) is 22.3 Å². The van der Waals surface area contributed by atoms with Gasteiger partial charge in [0, 0.05) is 17.1 Å². The second-order valence-corrected chi connectivity index (χ2v) is 5.63. The van der Waals surface area contributed by atoms with E-state index >= 15 is 0 Å². The highest BCUT2D eigenvalue weighted by Crippen LogP contribution is 2.27. The van der Waals surface area contributed by atoms with E-state index in [9.17, 15) is 0 Å². The van der Waals surface area contributed by atoms with E-state index in [2.05, 4.69) is 5.10 Å². The second kappa shape index (κ2) is 7.39. The molecule has 1 heterocycles. The van der Waals surface area contributed by atoms with Gasteiger partial charge in [-0.05, 0) is 31.5 Å². The Kier molecular flexibility index (Phi) is 5.80. The Morgan fingerprint density at radius 3 is 2.62 bits per heavy atom. The molecule has 0 saturated heterocycles. The Hall–Kier alpha value is -0.900.